The van der Waals surface area contributed by atoms with E-state index in [4.69, 9.17) is 4.74 Å². The molecule has 21 heavy (non-hydrogen) atoms. The van der Waals surface area contributed by atoms with E-state index in [0.717, 1.165) is 24.3 Å². The molecule has 0 atom stereocenters. The quantitative estimate of drug-likeness (QED) is 0.666. The Labute approximate surface area is 119 Å². The second-order valence-electron chi connectivity index (χ2n) is 4.18. The van der Waals surface area contributed by atoms with Crippen LogP contribution in [0.3, 0.4) is 0 Å². The minimum Gasteiger partial charge on any atom is -0.454 e. The monoisotopic (exact) mass is 294 g/mol. The molecule has 1 N–H and O–H groups in total. The van der Waals surface area contributed by atoms with Crippen LogP contribution in [0.1, 0.15) is 6.92 Å². The van der Waals surface area contributed by atoms with Gasteiger partial charge in [0, 0.05) is 30.4 Å². The lowest BCUT2D eigenvalue weighted by molar-refractivity contribution is -0.384. The number of hydrogen-bond donors (Lipinski definition) is 1. The molecule has 0 unspecified atom stereocenters. The van der Waals surface area contributed by atoms with Gasteiger partial charge >= 0.3 is 0 Å². The van der Waals surface area contributed by atoms with E-state index in [1.165, 1.54) is 12.1 Å². The van der Waals surface area contributed by atoms with E-state index in [1.807, 2.05) is 6.92 Å². The summed E-state index contributed by atoms with van der Waals surface area (Å²) in [5, 5.41) is 13.8. The number of hydrogen-bond acceptors (Lipinski definition) is 4. The fourth-order valence-corrected chi connectivity index (χ4v) is 1.74. The summed E-state index contributed by atoms with van der Waals surface area (Å²) < 4.78 is 31.8. The Hall–Kier alpha value is -2.70. The fraction of sp³-hybridized carbons (Fsp3) is 0.143. The van der Waals surface area contributed by atoms with Gasteiger partial charge in [-0.3, -0.25) is 10.1 Å². The predicted octanol–water partition coefficient (Wildman–Crippen LogP) is 4.10. The van der Waals surface area contributed by atoms with Crippen LogP contribution in [0.2, 0.25) is 0 Å². The van der Waals surface area contributed by atoms with Gasteiger partial charge in [0.25, 0.3) is 5.69 Å². The second kappa shape index (κ2) is 6.17. The van der Waals surface area contributed by atoms with E-state index in [0.29, 0.717) is 12.2 Å². The molecule has 2 rings (SSSR count). The summed E-state index contributed by atoms with van der Waals surface area (Å²) in [4.78, 5) is 10.3. The molecular formula is C14H12F2N2O3. The smallest absolute Gasteiger partial charge is 0.275 e. The molecular weight excluding hydrogens is 282 g/mol. The van der Waals surface area contributed by atoms with Gasteiger partial charge in [-0.05, 0) is 19.1 Å². The Kier molecular flexibility index (Phi) is 4.32. The summed E-state index contributed by atoms with van der Waals surface area (Å²) in [6.07, 6.45) is 0. The van der Waals surface area contributed by atoms with Gasteiger partial charge in [-0.15, -0.1) is 0 Å². The molecule has 0 saturated heterocycles. The first-order valence-electron chi connectivity index (χ1n) is 6.16. The number of anilines is 1. The highest BCUT2D eigenvalue weighted by atomic mass is 19.1. The predicted molar refractivity (Wildman–Crippen MR) is 73.7 cm³/mol. The van der Waals surface area contributed by atoms with E-state index in [2.05, 4.69) is 5.32 Å². The molecule has 0 radical (unpaired) electrons. The highest BCUT2D eigenvalue weighted by Gasteiger charge is 2.13. The molecule has 0 aliphatic carbocycles. The number of nitrogens with zero attached hydrogens (tertiary/aromatic N) is 1. The van der Waals surface area contributed by atoms with E-state index in [9.17, 15) is 18.9 Å². The van der Waals surface area contributed by atoms with Crippen LogP contribution in [0, 0.1) is 21.7 Å². The van der Waals surface area contributed by atoms with E-state index >= 15 is 0 Å². The average Bonchev–Trinajstić information content (AvgIpc) is 2.43. The van der Waals surface area contributed by atoms with Crippen molar-refractivity contribution in [1.29, 1.82) is 0 Å². The van der Waals surface area contributed by atoms with Crippen LogP contribution in [0.25, 0.3) is 0 Å². The first-order chi connectivity index (χ1) is 9.99. The van der Waals surface area contributed by atoms with Gasteiger partial charge in [0.15, 0.2) is 11.6 Å². The maximum absolute atomic E-state index is 13.5. The molecule has 0 saturated carbocycles. The Morgan fingerprint density at radius 2 is 2.00 bits per heavy atom. The van der Waals surface area contributed by atoms with Gasteiger partial charge in [-0.1, -0.05) is 0 Å². The SMILES string of the molecule is CCNc1cc(Oc2cc(F)ccc2F)cc([N+](=O)[O-])c1. The highest BCUT2D eigenvalue weighted by Crippen LogP contribution is 2.31. The van der Waals surface area contributed by atoms with Gasteiger partial charge in [0.1, 0.15) is 11.6 Å². The molecule has 2 aromatic carbocycles. The minimum atomic E-state index is -0.757. The van der Waals surface area contributed by atoms with Crippen LogP contribution in [0.15, 0.2) is 36.4 Å². The zero-order valence-electron chi connectivity index (χ0n) is 11.1. The lowest BCUT2D eigenvalue weighted by Crippen LogP contribution is -1.99. The average molecular weight is 294 g/mol. The van der Waals surface area contributed by atoms with Crippen LogP contribution < -0.4 is 10.1 Å². The molecule has 7 heteroatoms. The van der Waals surface area contributed by atoms with Crippen molar-refractivity contribution >= 4 is 11.4 Å². The third-order valence-electron chi connectivity index (χ3n) is 2.60. The zero-order valence-corrected chi connectivity index (χ0v) is 11.1. The third kappa shape index (κ3) is 3.65. The van der Waals surface area contributed by atoms with Crippen LogP contribution >= 0.6 is 0 Å². The summed E-state index contributed by atoms with van der Waals surface area (Å²) in [5.41, 5.74) is 0.249. The van der Waals surface area contributed by atoms with Gasteiger partial charge in [-0.25, -0.2) is 8.78 Å². The van der Waals surface area contributed by atoms with Gasteiger partial charge in [0.05, 0.1) is 11.0 Å². The van der Waals surface area contributed by atoms with Crippen molar-refractivity contribution < 1.29 is 18.4 Å². The molecule has 5 nitrogen and oxygen atoms in total. The molecule has 2 aromatic rings. The molecule has 110 valence electrons. The largest absolute Gasteiger partial charge is 0.454 e. The van der Waals surface area contributed by atoms with Crippen LogP contribution in [-0.4, -0.2) is 11.5 Å². The minimum absolute atomic E-state index is 0.0460. The number of halogens is 2. The summed E-state index contributed by atoms with van der Waals surface area (Å²) in [6.45, 7) is 2.38. The number of nitro groups is 1. The molecule has 0 aromatic heterocycles. The lowest BCUT2D eigenvalue weighted by atomic mass is 10.2. The summed E-state index contributed by atoms with van der Waals surface area (Å²) >= 11 is 0. The van der Waals surface area contributed by atoms with Crippen LogP contribution in [0.5, 0.6) is 11.5 Å². The number of non-ortho nitro benzene ring substituents is 1. The normalized spacial score (nSPS) is 10.2. The number of rotatable bonds is 5. The molecule has 0 spiro atoms. The zero-order chi connectivity index (χ0) is 15.4. The molecule has 0 aliphatic heterocycles. The fourth-order valence-electron chi connectivity index (χ4n) is 1.74. The molecule has 0 fully saturated rings. The topological polar surface area (TPSA) is 64.4 Å². The van der Waals surface area contributed by atoms with Crippen molar-refractivity contribution in [3.8, 4) is 11.5 Å². The van der Waals surface area contributed by atoms with Gasteiger partial charge in [-0.2, -0.15) is 0 Å². The second-order valence-corrected chi connectivity index (χ2v) is 4.18. The van der Waals surface area contributed by atoms with Crippen molar-refractivity contribution in [2.24, 2.45) is 0 Å². The summed E-state index contributed by atoms with van der Waals surface area (Å²) in [6, 6.07) is 6.71. The van der Waals surface area contributed by atoms with Crippen molar-refractivity contribution in [3.63, 3.8) is 0 Å². The molecule has 0 aliphatic rings. The van der Waals surface area contributed by atoms with E-state index in [-0.39, 0.29) is 17.2 Å². The van der Waals surface area contributed by atoms with Crippen LogP contribution in [-0.2, 0) is 0 Å². The standard InChI is InChI=1S/C14H12F2N2O3/c1-2-17-10-6-11(18(19)20)8-12(7-10)21-14-5-9(15)3-4-13(14)16/h3-8,17H,2H2,1H3. The maximum Gasteiger partial charge on any atom is 0.275 e. The van der Waals surface area contributed by atoms with Crippen LogP contribution in [0.4, 0.5) is 20.2 Å². The molecule has 0 bridgehead atoms. The third-order valence-corrected chi connectivity index (χ3v) is 2.60. The highest BCUT2D eigenvalue weighted by molar-refractivity contribution is 5.57. The van der Waals surface area contributed by atoms with Crippen molar-refractivity contribution in [3.05, 3.63) is 58.1 Å². The van der Waals surface area contributed by atoms with Gasteiger partial charge in [0.2, 0.25) is 0 Å². The Morgan fingerprint density at radius 1 is 1.24 bits per heavy atom. The van der Waals surface area contributed by atoms with Gasteiger partial charge < -0.3 is 10.1 Å². The molecule has 0 amide bonds. The Balaban J connectivity index is 2.38. The first-order valence-corrected chi connectivity index (χ1v) is 6.16. The first kappa shape index (κ1) is 14.7. The number of nitrogens with one attached hydrogen (secondary N) is 1. The molecule has 0 heterocycles. The Bertz CT molecular complexity index is 677. The van der Waals surface area contributed by atoms with E-state index in [1.54, 1.807) is 0 Å². The van der Waals surface area contributed by atoms with E-state index < -0.39 is 16.6 Å². The Morgan fingerprint density at radius 3 is 2.67 bits per heavy atom. The summed E-state index contributed by atoms with van der Waals surface area (Å²) in [7, 11) is 0. The van der Waals surface area contributed by atoms with Crippen molar-refractivity contribution in [2.75, 3.05) is 11.9 Å². The number of benzene rings is 2. The number of nitro benzene ring substituents is 1. The number of ether oxygens (including phenoxy) is 1. The maximum atomic E-state index is 13.5. The summed E-state index contributed by atoms with van der Waals surface area (Å²) in [5.74, 6) is -1.71. The van der Waals surface area contributed by atoms with Crippen molar-refractivity contribution in [1.82, 2.24) is 0 Å². The van der Waals surface area contributed by atoms with Crippen molar-refractivity contribution in [2.45, 2.75) is 6.92 Å². The lowest BCUT2D eigenvalue weighted by Gasteiger charge is -2.09.